The van der Waals surface area contributed by atoms with Crippen LogP contribution in [0.2, 0.25) is 0 Å². The first-order valence-corrected chi connectivity index (χ1v) is 10.3. The van der Waals surface area contributed by atoms with Crippen LogP contribution in [0.4, 0.5) is 5.69 Å². The third-order valence-corrected chi connectivity index (χ3v) is 5.20. The van der Waals surface area contributed by atoms with E-state index < -0.39 is 5.97 Å². The molecule has 2 aromatic rings. The molecule has 5 nitrogen and oxygen atoms in total. The van der Waals surface area contributed by atoms with Gasteiger partial charge in [0.1, 0.15) is 0 Å². The molecule has 3 rings (SSSR count). The molecule has 156 valence electrons. The van der Waals surface area contributed by atoms with Crippen LogP contribution >= 0.6 is 0 Å². The van der Waals surface area contributed by atoms with Crippen LogP contribution in [-0.2, 0) is 9.53 Å². The molecule has 30 heavy (non-hydrogen) atoms. The molecule has 0 unspecified atom stereocenters. The van der Waals surface area contributed by atoms with Gasteiger partial charge < -0.3 is 4.74 Å². The second-order valence-electron chi connectivity index (χ2n) is 7.90. The number of hydrogen-bond acceptors (Lipinski definition) is 4. The standard InChI is InChI=1S/C25H27NO4/c1-6-30-21(27)14-13-17-9-7-12-20-22(17)25(29)26(24(20)28)23-18(15(2)3)10-8-11-19(23)16(4)5/h7-16H,6H2,1-5H3. The van der Waals surface area contributed by atoms with Crippen molar-refractivity contribution in [2.75, 3.05) is 11.5 Å². The van der Waals surface area contributed by atoms with Crippen molar-refractivity contribution < 1.29 is 19.1 Å². The number of benzene rings is 2. The Balaban J connectivity index is 2.14. The Morgan fingerprint density at radius 3 is 2.13 bits per heavy atom. The van der Waals surface area contributed by atoms with E-state index in [1.54, 1.807) is 25.1 Å². The maximum atomic E-state index is 13.5. The van der Waals surface area contributed by atoms with Crippen LogP contribution < -0.4 is 4.90 Å². The van der Waals surface area contributed by atoms with Crippen LogP contribution in [0.25, 0.3) is 6.08 Å². The fourth-order valence-corrected chi connectivity index (χ4v) is 3.77. The van der Waals surface area contributed by atoms with Gasteiger partial charge in [0.15, 0.2) is 0 Å². The van der Waals surface area contributed by atoms with E-state index in [0.717, 1.165) is 11.1 Å². The van der Waals surface area contributed by atoms with E-state index in [2.05, 4.69) is 27.7 Å². The van der Waals surface area contributed by atoms with Crippen molar-refractivity contribution in [1.82, 2.24) is 0 Å². The van der Waals surface area contributed by atoms with Crippen molar-refractivity contribution in [2.24, 2.45) is 0 Å². The fourth-order valence-electron chi connectivity index (χ4n) is 3.77. The maximum Gasteiger partial charge on any atom is 0.330 e. The van der Waals surface area contributed by atoms with Gasteiger partial charge >= 0.3 is 5.97 Å². The molecule has 2 amide bonds. The molecule has 0 saturated carbocycles. The first kappa shape index (κ1) is 21.5. The van der Waals surface area contributed by atoms with E-state index >= 15 is 0 Å². The highest BCUT2D eigenvalue weighted by Gasteiger charge is 2.40. The third kappa shape index (κ3) is 3.80. The van der Waals surface area contributed by atoms with Crippen molar-refractivity contribution in [3.63, 3.8) is 0 Å². The van der Waals surface area contributed by atoms with Gasteiger partial charge in [-0.05, 0) is 47.6 Å². The van der Waals surface area contributed by atoms with Crippen LogP contribution in [0.15, 0.2) is 42.5 Å². The molecule has 5 heteroatoms. The lowest BCUT2D eigenvalue weighted by molar-refractivity contribution is -0.137. The summed E-state index contributed by atoms with van der Waals surface area (Å²) in [4.78, 5) is 39.9. The normalized spacial score (nSPS) is 13.6. The summed E-state index contributed by atoms with van der Waals surface area (Å²) in [5.74, 6) is -0.904. The largest absolute Gasteiger partial charge is 0.463 e. The molecule has 0 radical (unpaired) electrons. The van der Waals surface area contributed by atoms with Crippen LogP contribution in [0.3, 0.4) is 0 Å². The molecule has 0 N–H and O–H groups in total. The number of amides is 2. The molecule has 0 atom stereocenters. The first-order chi connectivity index (χ1) is 14.3. The van der Waals surface area contributed by atoms with Crippen molar-refractivity contribution >= 4 is 29.5 Å². The summed E-state index contributed by atoms with van der Waals surface area (Å²) in [6.07, 6.45) is 2.81. The molecule has 0 aliphatic carbocycles. The molecule has 1 aliphatic rings. The van der Waals surface area contributed by atoms with Crippen molar-refractivity contribution in [3.05, 3.63) is 70.3 Å². The number of fused-ring (bicyclic) bond motifs is 1. The summed E-state index contributed by atoms with van der Waals surface area (Å²) in [5, 5.41) is 0. The molecule has 2 aromatic carbocycles. The fraction of sp³-hybridized carbons (Fsp3) is 0.320. The van der Waals surface area contributed by atoms with Gasteiger partial charge in [0.05, 0.1) is 23.4 Å². The molecule has 0 fully saturated rings. The van der Waals surface area contributed by atoms with Crippen LogP contribution in [-0.4, -0.2) is 24.4 Å². The lowest BCUT2D eigenvalue weighted by Gasteiger charge is -2.25. The number of imide groups is 1. The number of nitrogens with zero attached hydrogens (tertiary/aromatic N) is 1. The van der Waals surface area contributed by atoms with Gasteiger partial charge in [0, 0.05) is 6.08 Å². The van der Waals surface area contributed by atoms with Crippen LogP contribution in [0.5, 0.6) is 0 Å². The summed E-state index contributed by atoms with van der Waals surface area (Å²) in [7, 11) is 0. The van der Waals surface area contributed by atoms with Gasteiger partial charge in [-0.25, -0.2) is 9.69 Å². The van der Waals surface area contributed by atoms with Gasteiger partial charge in [-0.15, -0.1) is 0 Å². The zero-order valence-electron chi connectivity index (χ0n) is 18.1. The average Bonchev–Trinajstić information content (AvgIpc) is 2.96. The number of ether oxygens (including phenoxy) is 1. The Bertz CT molecular complexity index is 1010. The van der Waals surface area contributed by atoms with Gasteiger partial charge in [0.25, 0.3) is 11.8 Å². The quantitative estimate of drug-likeness (QED) is 0.371. The van der Waals surface area contributed by atoms with E-state index in [4.69, 9.17) is 4.74 Å². The average molecular weight is 405 g/mol. The van der Waals surface area contributed by atoms with E-state index in [1.165, 1.54) is 17.1 Å². The zero-order chi connectivity index (χ0) is 22.0. The number of carbonyl (C=O) groups excluding carboxylic acids is 3. The Kier molecular flexibility index (Phi) is 6.20. The van der Waals surface area contributed by atoms with Crippen molar-refractivity contribution in [2.45, 2.75) is 46.5 Å². The minimum absolute atomic E-state index is 0.145. The summed E-state index contributed by atoms with van der Waals surface area (Å²) in [6, 6.07) is 11.0. The Labute approximate surface area is 177 Å². The minimum Gasteiger partial charge on any atom is -0.463 e. The van der Waals surface area contributed by atoms with Gasteiger partial charge in [0.2, 0.25) is 0 Å². The lowest BCUT2D eigenvalue weighted by Crippen LogP contribution is -2.32. The van der Waals surface area contributed by atoms with Crippen LogP contribution in [0.1, 0.15) is 83.9 Å². The molecule has 0 saturated heterocycles. The predicted octanol–water partition coefficient (Wildman–Crippen LogP) is 5.31. The van der Waals surface area contributed by atoms with E-state index in [1.807, 2.05) is 18.2 Å². The van der Waals surface area contributed by atoms with Crippen molar-refractivity contribution in [1.29, 1.82) is 0 Å². The number of carbonyl (C=O) groups is 3. The second kappa shape index (κ2) is 8.66. The Hall–Kier alpha value is -3.21. The summed E-state index contributed by atoms with van der Waals surface area (Å²) in [5.41, 5.74) is 3.78. The highest BCUT2D eigenvalue weighted by Crippen LogP contribution is 2.40. The van der Waals surface area contributed by atoms with Crippen LogP contribution in [0, 0.1) is 0 Å². The summed E-state index contributed by atoms with van der Waals surface area (Å²) < 4.78 is 4.92. The second-order valence-corrected chi connectivity index (χ2v) is 7.90. The van der Waals surface area contributed by atoms with Gasteiger partial charge in [-0.2, -0.15) is 0 Å². The molecule has 0 bridgehead atoms. The molecule has 1 aliphatic heterocycles. The number of hydrogen-bond donors (Lipinski definition) is 0. The first-order valence-electron chi connectivity index (χ1n) is 10.3. The highest BCUT2D eigenvalue weighted by molar-refractivity contribution is 6.35. The summed E-state index contributed by atoms with van der Waals surface area (Å²) in [6.45, 7) is 10.2. The molecule has 0 aromatic heterocycles. The van der Waals surface area contributed by atoms with Gasteiger partial charge in [-0.3, -0.25) is 9.59 Å². The summed E-state index contributed by atoms with van der Waals surface area (Å²) >= 11 is 0. The SMILES string of the molecule is CCOC(=O)C=Cc1cccc2c1C(=O)N(c1c(C(C)C)cccc1C(C)C)C2=O. The Morgan fingerprint density at radius 1 is 0.967 bits per heavy atom. The van der Waals surface area contributed by atoms with Gasteiger partial charge in [-0.1, -0.05) is 58.0 Å². The van der Waals surface area contributed by atoms with E-state index in [0.29, 0.717) is 22.4 Å². The molecular formula is C25H27NO4. The number of esters is 1. The Morgan fingerprint density at radius 2 is 1.57 bits per heavy atom. The van der Waals surface area contributed by atoms with E-state index in [-0.39, 0.29) is 30.3 Å². The van der Waals surface area contributed by atoms with E-state index in [9.17, 15) is 14.4 Å². The predicted molar refractivity (Wildman–Crippen MR) is 118 cm³/mol. The lowest BCUT2D eigenvalue weighted by atomic mass is 9.92. The molecular weight excluding hydrogens is 378 g/mol. The topological polar surface area (TPSA) is 63.7 Å². The minimum atomic E-state index is -0.490. The number of anilines is 1. The number of rotatable bonds is 6. The highest BCUT2D eigenvalue weighted by atomic mass is 16.5. The smallest absolute Gasteiger partial charge is 0.330 e. The maximum absolute atomic E-state index is 13.5. The zero-order valence-corrected chi connectivity index (χ0v) is 18.1. The molecule has 1 heterocycles. The monoisotopic (exact) mass is 405 g/mol. The molecule has 0 spiro atoms. The van der Waals surface area contributed by atoms with Crippen molar-refractivity contribution in [3.8, 4) is 0 Å². The number of para-hydroxylation sites is 1. The third-order valence-electron chi connectivity index (χ3n) is 5.20.